The SMILES string of the molecule is Cc1cccc(C)c1NC(=O)c1cccc(NS(=O)(=O)c2ccccc2)c1. The van der Waals surface area contributed by atoms with Crippen molar-refractivity contribution in [2.75, 3.05) is 10.0 Å². The molecule has 0 heterocycles. The number of carbonyl (C=O) groups excluding carboxylic acids is 1. The van der Waals surface area contributed by atoms with Gasteiger partial charge in [0.25, 0.3) is 15.9 Å². The van der Waals surface area contributed by atoms with E-state index in [-0.39, 0.29) is 10.8 Å². The molecule has 0 spiro atoms. The Morgan fingerprint density at radius 2 is 1.44 bits per heavy atom. The van der Waals surface area contributed by atoms with Crippen LogP contribution in [0.1, 0.15) is 21.5 Å². The lowest BCUT2D eigenvalue weighted by Gasteiger charge is -2.13. The Labute approximate surface area is 159 Å². The van der Waals surface area contributed by atoms with Gasteiger partial charge in [0.1, 0.15) is 0 Å². The highest BCUT2D eigenvalue weighted by molar-refractivity contribution is 7.92. The topological polar surface area (TPSA) is 75.3 Å². The maximum Gasteiger partial charge on any atom is 0.261 e. The van der Waals surface area contributed by atoms with Gasteiger partial charge in [-0.3, -0.25) is 9.52 Å². The van der Waals surface area contributed by atoms with Crippen LogP contribution < -0.4 is 10.0 Å². The summed E-state index contributed by atoms with van der Waals surface area (Å²) in [4.78, 5) is 12.8. The summed E-state index contributed by atoms with van der Waals surface area (Å²) >= 11 is 0. The Balaban J connectivity index is 1.82. The number of amides is 1. The summed E-state index contributed by atoms with van der Waals surface area (Å²) in [6.45, 7) is 3.85. The van der Waals surface area contributed by atoms with Crippen LogP contribution in [0.25, 0.3) is 0 Å². The molecule has 0 unspecified atom stereocenters. The second-order valence-electron chi connectivity index (χ2n) is 6.22. The molecule has 138 valence electrons. The predicted octanol–water partition coefficient (Wildman–Crippen LogP) is 4.36. The lowest BCUT2D eigenvalue weighted by atomic mass is 10.1. The fraction of sp³-hybridized carbons (Fsp3) is 0.0952. The average Bonchev–Trinajstić information content (AvgIpc) is 2.65. The number of sulfonamides is 1. The van der Waals surface area contributed by atoms with E-state index in [1.165, 1.54) is 18.2 Å². The Morgan fingerprint density at radius 3 is 2.11 bits per heavy atom. The zero-order chi connectivity index (χ0) is 19.4. The normalized spacial score (nSPS) is 11.0. The van der Waals surface area contributed by atoms with Gasteiger partial charge in [0.15, 0.2) is 0 Å². The summed E-state index contributed by atoms with van der Waals surface area (Å²) < 4.78 is 27.4. The van der Waals surface area contributed by atoms with Crippen molar-refractivity contribution in [1.29, 1.82) is 0 Å². The van der Waals surface area contributed by atoms with E-state index < -0.39 is 10.0 Å². The first-order chi connectivity index (χ1) is 12.9. The van der Waals surface area contributed by atoms with E-state index >= 15 is 0 Å². The molecule has 3 aromatic carbocycles. The second kappa shape index (κ2) is 7.63. The van der Waals surface area contributed by atoms with Crippen LogP contribution in [0.15, 0.2) is 77.7 Å². The van der Waals surface area contributed by atoms with Crippen LogP contribution in [0.3, 0.4) is 0 Å². The van der Waals surface area contributed by atoms with Crippen molar-refractivity contribution in [3.05, 3.63) is 89.5 Å². The minimum absolute atomic E-state index is 0.162. The van der Waals surface area contributed by atoms with E-state index in [0.29, 0.717) is 11.3 Å². The Morgan fingerprint density at radius 1 is 0.815 bits per heavy atom. The number of benzene rings is 3. The molecular formula is C21H20N2O3S. The minimum Gasteiger partial charge on any atom is -0.322 e. The number of carbonyl (C=O) groups is 1. The van der Waals surface area contributed by atoms with Gasteiger partial charge in [-0.25, -0.2) is 8.42 Å². The van der Waals surface area contributed by atoms with Crippen LogP contribution in [0, 0.1) is 13.8 Å². The van der Waals surface area contributed by atoms with E-state index in [1.807, 2.05) is 32.0 Å². The Bertz CT molecular complexity index is 1060. The van der Waals surface area contributed by atoms with Crippen molar-refractivity contribution in [1.82, 2.24) is 0 Å². The fourth-order valence-corrected chi connectivity index (χ4v) is 3.81. The van der Waals surface area contributed by atoms with Gasteiger partial charge in [-0.05, 0) is 55.3 Å². The predicted molar refractivity (Wildman–Crippen MR) is 108 cm³/mol. The van der Waals surface area contributed by atoms with E-state index in [1.54, 1.807) is 36.4 Å². The van der Waals surface area contributed by atoms with Crippen LogP contribution >= 0.6 is 0 Å². The van der Waals surface area contributed by atoms with Crippen LogP contribution in [-0.2, 0) is 10.0 Å². The van der Waals surface area contributed by atoms with E-state index in [9.17, 15) is 13.2 Å². The van der Waals surface area contributed by atoms with Gasteiger partial charge in [0, 0.05) is 16.9 Å². The van der Waals surface area contributed by atoms with Crippen molar-refractivity contribution in [2.45, 2.75) is 18.7 Å². The largest absolute Gasteiger partial charge is 0.322 e. The van der Waals surface area contributed by atoms with Crippen LogP contribution in [0.4, 0.5) is 11.4 Å². The van der Waals surface area contributed by atoms with Crippen molar-refractivity contribution in [3.63, 3.8) is 0 Å². The molecule has 0 fully saturated rings. The van der Waals surface area contributed by atoms with Gasteiger partial charge in [-0.2, -0.15) is 0 Å². The van der Waals surface area contributed by atoms with Crippen LogP contribution in [-0.4, -0.2) is 14.3 Å². The summed E-state index contributed by atoms with van der Waals surface area (Å²) in [5.74, 6) is -0.298. The summed E-state index contributed by atoms with van der Waals surface area (Å²) in [7, 11) is -3.71. The summed E-state index contributed by atoms with van der Waals surface area (Å²) in [6.07, 6.45) is 0. The molecule has 0 aromatic heterocycles. The summed E-state index contributed by atoms with van der Waals surface area (Å²) in [5, 5.41) is 2.90. The van der Waals surface area contributed by atoms with Gasteiger partial charge in [-0.1, -0.05) is 42.5 Å². The van der Waals surface area contributed by atoms with Gasteiger partial charge in [0.05, 0.1) is 4.90 Å². The van der Waals surface area contributed by atoms with Gasteiger partial charge in [-0.15, -0.1) is 0 Å². The third-order valence-corrected chi connectivity index (χ3v) is 5.55. The number of aryl methyl sites for hydroxylation is 2. The van der Waals surface area contributed by atoms with Crippen LogP contribution in [0.2, 0.25) is 0 Å². The maximum atomic E-state index is 12.6. The first-order valence-corrected chi connectivity index (χ1v) is 9.90. The molecule has 0 radical (unpaired) electrons. The Hall–Kier alpha value is -3.12. The van der Waals surface area contributed by atoms with Gasteiger partial charge < -0.3 is 5.32 Å². The Kier molecular flexibility index (Phi) is 5.28. The van der Waals surface area contributed by atoms with Crippen molar-refractivity contribution in [2.24, 2.45) is 0 Å². The molecule has 0 atom stereocenters. The van der Waals surface area contributed by atoms with E-state index in [2.05, 4.69) is 10.0 Å². The first kappa shape index (κ1) is 18.7. The van der Waals surface area contributed by atoms with Crippen LogP contribution in [0.5, 0.6) is 0 Å². The highest BCUT2D eigenvalue weighted by Gasteiger charge is 2.15. The third kappa shape index (κ3) is 4.35. The molecule has 27 heavy (non-hydrogen) atoms. The average molecular weight is 380 g/mol. The molecular weight excluding hydrogens is 360 g/mol. The molecule has 3 aromatic rings. The third-order valence-electron chi connectivity index (χ3n) is 4.15. The molecule has 0 aliphatic heterocycles. The number of rotatable bonds is 5. The molecule has 2 N–H and O–H groups in total. The minimum atomic E-state index is -3.71. The number of anilines is 2. The van der Waals surface area contributed by atoms with E-state index in [4.69, 9.17) is 0 Å². The maximum absolute atomic E-state index is 12.6. The van der Waals surface area contributed by atoms with Crippen molar-refractivity contribution < 1.29 is 13.2 Å². The number of hydrogen-bond acceptors (Lipinski definition) is 3. The highest BCUT2D eigenvalue weighted by Crippen LogP contribution is 2.22. The standard InChI is InChI=1S/C21H20N2O3S/c1-15-8-6-9-16(2)20(15)22-21(24)17-10-7-11-18(14-17)23-27(25,26)19-12-4-3-5-13-19/h3-14,23H,1-2H3,(H,22,24). The summed E-state index contributed by atoms with van der Waals surface area (Å²) in [6, 6.07) is 20.3. The van der Waals surface area contributed by atoms with E-state index in [0.717, 1.165) is 16.8 Å². The fourth-order valence-electron chi connectivity index (χ4n) is 2.73. The molecule has 5 nitrogen and oxygen atoms in total. The van der Waals surface area contributed by atoms with Crippen molar-refractivity contribution in [3.8, 4) is 0 Å². The molecule has 0 saturated carbocycles. The first-order valence-electron chi connectivity index (χ1n) is 8.42. The second-order valence-corrected chi connectivity index (χ2v) is 7.90. The number of hydrogen-bond donors (Lipinski definition) is 2. The molecule has 0 saturated heterocycles. The van der Waals surface area contributed by atoms with Gasteiger partial charge >= 0.3 is 0 Å². The highest BCUT2D eigenvalue weighted by atomic mass is 32.2. The molecule has 0 aliphatic carbocycles. The quantitative estimate of drug-likeness (QED) is 0.691. The number of nitrogens with one attached hydrogen (secondary N) is 2. The molecule has 0 aliphatic rings. The molecule has 1 amide bonds. The molecule has 6 heteroatoms. The monoisotopic (exact) mass is 380 g/mol. The van der Waals surface area contributed by atoms with Gasteiger partial charge in [0.2, 0.25) is 0 Å². The summed E-state index contributed by atoms with van der Waals surface area (Å²) in [5.41, 5.74) is 3.38. The molecule has 3 rings (SSSR count). The smallest absolute Gasteiger partial charge is 0.261 e. The van der Waals surface area contributed by atoms with Crippen molar-refractivity contribution >= 4 is 27.3 Å². The zero-order valence-corrected chi connectivity index (χ0v) is 15.9. The molecule has 0 bridgehead atoms. The lowest BCUT2D eigenvalue weighted by Crippen LogP contribution is -2.16. The zero-order valence-electron chi connectivity index (χ0n) is 15.1. The number of para-hydroxylation sites is 1. The lowest BCUT2D eigenvalue weighted by molar-refractivity contribution is 0.102.